The first-order valence-electron chi connectivity index (χ1n) is 5.47. The van der Waals surface area contributed by atoms with Crippen molar-refractivity contribution in [3.05, 3.63) is 12.2 Å². The summed E-state index contributed by atoms with van der Waals surface area (Å²) in [6.07, 6.45) is 8.11. The molecule has 14 heavy (non-hydrogen) atoms. The van der Waals surface area contributed by atoms with Gasteiger partial charge in [0, 0.05) is 25.0 Å². The van der Waals surface area contributed by atoms with Gasteiger partial charge in [0.2, 0.25) is 5.91 Å². The van der Waals surface area contributed by atoms with Crippen LogP contribution >= 0.6 is 0 Å². The zero-order valence-electron chi connectivity index (χ0n) is 8.48. The van der Waals surface area contributed by atoms with Gasteiger partial charge in [-0.25, -0.2) is 0 Å². The van der Waals surface area contributed by atoms with Crippen LogP contribution in [0.25, 0.3) is 0 Å². The minimum Gasteiger partial charge on any atom is -0.335 e. The highest BCUT2D eigenvalue weighted by atomic mass is 16.2. The summed E-state index contributed by atoms with van der Waals surface area (Å²) < 4.78 is 0. The van der Waals surface area contributed by atoms with E-state index in [0.717, 1.165) is 38.8 Å². The molecule has 3 heteroatoms. The molecule has 1 aliphatic heterocycles. The van der Waals surface area contributed by atoms with Gasteiger partial charge in [-0.3, -0.25) is 4.79 Å². The molecule has 0 spiro atoms. The number of amides is 1. The molecule has 2 rings (SSSR count). The molecule has 0 aromatic rings. The van der Waals surface area contributed by atoms with E-state index >= 15 is 0 Å². The van der Waals surface area contributed by atoms with Crippen LogP contribution in [0.1, 0.15) is 25.7 Å². The number of nitrogens with two attached hydrogens (primary N) is 1. The zero-order chi connectivity index (χ0) is 9.97. The molecule has 0 aromatic carbocycles. The van der Waals surface area contributed by atoms with Gasteiger partial charge in [0.1, 0.15) is 0 Å². The Hall–Kier alpha value is -0.830. The number of hydrogen-bond donors (Lipinski definition) is 1. The average Bonchev–Trinajstić information content (AvgIpc) is 2.71. The van der Waals surface area contributed by atoms with Crippen molar-refractivity contribution >= 4 is 5.91 Å². The molecule has 1 fully saturated rings. The first-order chi connectivity index (χ1) is 6.77. The summed E-state index contributed by atoms with van der Waals surface area (Å²) in [5.41, 5.74) is 5.81. The fraction of sp³-hybridized carbons (Fsp3) is 0.727. The van der Waals surface area contributed by atoms with Crippen molar-refractivity contribution in [1.82, 2.24) is 4.90 Å². The Bertz CT molecular complexity index is 234. The molecular weight excluding hydrogens is 176 g/mol. The van der Waals surface area contributed by atoms with Gasteiger partial charge < -0.3 is 10.6 Å². The van der Waals surface area contributed by atoms with Crippen LogP contribution in [-0.4, -0.2) is 29.9 Å². The zero-order valence-corrected chi connectivity index (χ0v) is 8.48. The maximum Gasteiger partial charge on any atom is 0.226 e. The second-order valence-corrected chi connectivity index (χ2v) is 4.33. The smallest absolute Gasteiger partial charge is 0.226 e. The number of carbonyl (C=O) groups is 1. The summed E-state index contributed by atoms with van der Waals surface area (Å²) in [7, 11) is 0. The Kier molecular flexibility index (Phi) is 2.87. The van der Waals surface area contributed by atoms with E-state index in [-0.39, 0.29) is 5.92 Å². The summed E-state index contributed by atoms with van der Waals surface area (Å²) in [5, 5.41) is 0. The molecule has 2 N–H and O–H groups in total. The largest absolute Gasteiger partial charge is 0.335 e. The molecule has 1 aliphatic carbocycles. The van der Waals surface area contributed by atoms with Crippen molar-refractivity contribution in [3.63, 3.8) is 0 Å². The molecule has 0 aromatic heterocycles. The summed E-state index contributed by atoms with van der Waals surface area (Å²) in [4.78, 5) is 13.9. The van der Waals surface area contributed by atoms with Gasteiger partial charge in [0.05, 0.1) is 0 Å². The van der Waals surface area contributed by atoms with Crippen LogP contribution in [0.5, 0.6) is 0 Å². The van der Waals surface area contributed by atoms with Gasteiger partial charge >= 0.3 is 0 Å². The number of hydrogen-bond acceptors (Lipinski definition) is 2. The van der Waals surface area contributed by atoms with E-state index < -0.39 is 0 Å². The lowest BCUT2D eigenvalue weighted by Gasteiger charge is -2.28. The van der Waals surface area contributed by atoms with E-state index in [0.29, 0.717) is 11.9 Å². The SMILES string of the molecule is NC1CCC(C(=O)N2CC=CC2)CC1. The predicted molar refractivity (Wildman–Crippen MR) is 55.7 cm³/mol. The molecule has 0 unspecified atom stereocenters. The average molecular weight is 194 g/mol. The fourth-order valence-corrected chi connectivity index (χ4v) is 2.28. The van der Waals surface area contributed by atoms with Crippen molar-refractivity contribution < 1.29 is 4.79 Å². The lowest BCUT2D eigenvalue weighted by atomic mass is 9.85. The maximum atomic E-state index is 12.0. The highest BCUT2D eigenvalue weighted by Crippen LogP contribution is 2.25. The monoisotopic (exact) mass is 194 g/mol. The molecule has 0 bridgehead atoms. The second-order valence-electron chi connectivity index (χ2n) is 4.33. The van der Waals surface area contributed by atoms with Gasteiger partial charge in [0.25, 0.3) is 0 Å². The number of carbonyl (C=O) groups excluding carboxylic acids is 1. The number of rotatable bonds is 1. The Balaban J connectivity index is 1.85. The Morgan fingerprint density at radius 3 is 2.29 bits per heavy atom. The normalized spacial score (nSPS) is 32.2. The lowest BCUT2D eigenvalue weighted by molar-refractivity contribution is -0.135. The van der Waals surface area contributed by atoms with Crippen LogP contribution in [0.2, 0.25) is 0 Å². The minimum atomic E-state index is 0.245. The van der Waals surface area contributed by atoms with E-state index in [1.807, 2.05) is 4.90 Å². The van der Waals surface area contributed by atoms with Gasteiger partial charge in [-0.05, 0) is 25.7 Å². The minimum absolute atomic E-state index is 0.245. The van der Waals surface area contributed by atoms with Gasteiger partial charge in [0.15, 0.2) is 0 Å². The molecule has 1 saturated carbocycles. The first-order valence-corrected chi connectivity index (χ1v) is 5.47. The maximum absolute atomic E-state index is 12.0. The van der Waals surface area contributed by atoms with Crippen molar-refractivity contribution in [2.45, 2.75) is 31.7 Å². The molecule has 0 atom stereocenters. The van der Waals surface area contributed by atoms with E-state index in [1.165, 1.54) is 0 Å². The lowest BCUT2D eigenvalue weighted by Crippen LogP contribution is -2.38. The topological polar surface area (TPSA) is 46.3 Å². The molecule has 78 valence electrons. The van der Waals surface area contributed by atoms with Crippen LogP contribution in [0.4, 0.5) is 0 Å². The standard InChI is InChI=1S/C11H18N2O/c12-10-5-3-9(4-6-10)11(14)13-7-1-2-8-13/h1-2,9-10H,3-8,12H2. The Morgan fingerprint density at radius 2 is 1.71 bits per heavy atom. The first kappa shape index (κ1) is 9.71. The molecule has 1 amide bonds. The van der Waals surface area contributed by atoms with Crippen LogP contribution in [0, 0.1) is 5.92 Å². The molecule has 1 heterocycles. The third-order valence-electron chi connectivity index (χ3n) is 3.25. The highest BCUT2D eigenvalue weighted by Gasteiger charge is 2.28. The third-order valence-corrected chi connectivity index (χ3v) is 3.25. The van der Waals surface area contributed by atoms with Gasteiger partial charge in [-0.1, -0.05) is 12.2 Å². The summed E-state index contributed by atoms with van der Waals surface area (Å²) in [6, 6.07) is 0.329. The van der Waals surface area contributed by atoms with E-state index in [1.54, 1.807) is 0 Å². The second kappa shape index (κ2) is 4.13. The van der Waals surface area contributed by atoms with Crippen molar-refractivity contribution in [2.24, 2.45) is 11.7 Å². The highest BCUT2D eigenvalue weighted by molar-refractivity contribution is 5.79. The van der Waals surface area contributed by atoms with E-state index in [2.05, 4.69) is 12.2 Å². The third kappa shape index (κ3) is 1.98. The summed E-state index contributed by atoms with van der Waals surface area (Å²) in [5.74, 6) is 0.580. The molecule has 0 radical (unpaired) electrons. The van der Waals surface area contributed by atoms with Crippen LogP contribution in [-0.2, 0) is 4.79 Å². The molecule has 0 saturated heterocycles. The van der Waals surface area contributed by atoms with Crippen LogP contribution < -0.4 is 5.73 Å². The molecular formula is C11H18N2O. The van der Waals surface area contributed by atoms with Crippen LogP contribution in [0.3, 0.4) is 0 Å². The van der Waals surface area contributed by atoms with Crippen LogP contribution in [0.15, 0.2) is 12.2 Å². The van der Waals surface area contributed by atoms with Gasteiger partial charge in [-0.2, -0.15) is 0 Å². The quantitative estimate of drug-likeness (QED) is 0.630. The predicted octanol–water partition coefficient (Wildman–Crippen LogP) is 0.902. The Morgan fingerprint density at radius 1 is 1.14 bits per heavy atom. The van der Waals surface area contributed by atoms with E-state index in [4.69, 9.17) is 5.73 Å². The Labute approximate surface area is 84.9 Å². The summed E-state index contributed by atoms with van der Waals surface area (Å²) in [6.45, 7) is 1.61. The molecule has 2 aliphatic rings. The molecule has 3 nitrogen and oxygen atoms in total. The van der Waals surface area contributed by atoms with Crippen molar-refractivity contribution in [3.8, 4) is 0 Å². The van der Waals surface area contributed by atoms with E-state index in [9.17, 15) is 4.79 Å². The van der Waals surface area contributed by atoms with Crippen molar-refractivity contribution in [2.75, 3.05) is 13.1 Å². The summed E-state index contributed by atoms with van der Waals surface area (Å²) >= 11 is 0. The van der Waals surface area contributed by atoms with Crippen molar-refractivity contribution in [1.29, 1.82) is 0 Å². The number of nitrogens with zero attached hydrogens (tertiary/aromatic N) is 1. The fourth-order valence-electron chi connectivity index (χ4n) is 2.28. The van der Waals surface area contributed by atoms with Gasteiger partial charge in [-0.15, -0.1) is 0 Å².